The van der Waals surface area contributed by atoms with E-state index in [0.29, 0.717) is 24.3 Å². The van der Waals surface area contributed by atoms with Crippen molar-refractivity contribution in [3.8, 4) is 0 Å². The molecule has 2 bridgehead atoms. The average molecular weight is 633 g/mol. The third-order valence-corrected chi connectivity index (χ3v) is 8.24. The van der Waals surface area contributed by atoms with Gasteiger partial charge < -0.3 is 20.7 Å². The molecule has 0 unspecified atom stereocenters. The Labute approximate surface area is 263 Å². The number of hydrogen-bond donors (Lipinski definition) is 3. The number of ether oxygens (including phenoxy) is 1. The number of cyclic esters (lactones) is 1. The number of nitrogens with zero attached hydrogens (tertiary/aromatic N) is 1. The number of hydrogen-bond acceptors (Lipinski definition) is 9. The second-order valence-electron chi connectivity index (χ2n) is 10.4. The summed E-state index contributed by atoms with van der Waals surface area (Å²) in [5.74, 6) is -2.09. The third kappa shape index (κ3) is 13.0. The quantitative estimate of drug-likeness (QED) is 0.104. The van der Waals surface area contributed by atoms with Crippen LogP contribution in [-0.2, 0) is 30.5 Å². The fraction of sp³-hybridized carbons (Fsp3) is 0.548. The first-order chi connectivity index (χ1) is 20.6. The zero-order chi connectivity index (χ0) is 31.8. The Morgan fingerprint density at radius 3 is 2.58 bits per heavy atom. The number of nitrogens with one attached hydrogen (secondary N) is 3. The van der Waals surface area contributed by atoms with Crippen LogP contribution >= 0.6 is 23.5 Å². The minimum Gasteiger partial charge on any atom is -0.456 e. The van der Waals surface area contributed by atoms with Gasteiger partial charge in [0.15, 0.2) is 5.12 Å². The molecule has 1 aliphatic heterocycles. The summed E-state index contributed by atoms with van der Waals surface area (Å²) in [6.45, 7) is 7.30. The number of unbranched alkanes of at least 4 members (excludes halogenated alkanes) is 3. The van der Waals surface area contributed by atoms with Crippen molar-refractivity contribution < 1.29 is 28.7 Å². The number of amides is 3. The van der Waals surface area contributed by atoms with Gasteiger partial charge in [0.1, 0.15) is 23.5 Å². The minimum absolute atomic E-state index is 0.0318. The van der Waals surface area contributed by atoms with E-state index in [1.807, 2.05) is 6.26 Å². The smallest absolute Gasteiger partial charge is 0.329 e. The van der Waals surface area contributed by atoms with Crippen molar-refractivity contribution in [1.82, 2.24) is 20.9 Å². The molecule has 1 aromatic rings. The summed E-state index contributed by atoms with van der Waals surface area (Å²) in [6, 6.07) is 2.34. The van der Waals surface area contributed by atoms with Gasteiger partial charge in [-0.05, 0) is 50.1 Å². The molecule has 43 heavy (non-hydrogen) atoms. The molecule has 2 rings (SSSR count). The fourth-order valence-electron chi connectivity index (χ4n) is 4.12. The van der Waals surface area contributed by atoms with E-state index < -0.39 is 29.9 Å². The van der Waals surface area contributed by atoms with Gasteiger partial charge in [-0.1, -0.05) is 63.9 Å². The Hall–Kier alpha value is -3.12. The molecule has 3 amide bonds. The number of rotatable bonds is 11. The van der Waals surface area contributed by atoms with Gasteiger partial charge in [-0.2, -0.15) is 0 Å². The summed E-state index contributed by atoms with van der Waals surface area (Å²) >= 11 is 2.70. The largest absolute Gasteiger partial charge is 0.456 e. The number of aromatic nitrogens is 1. The molecule has 0 saturated carbocycles. The lowest BCUT2D eigenvalue weighted by molar-refractivity contribution is -0.153. The van der Waals surface area contributed by atoms with Gasteiger partial charge in [0, 0.05) is 17.1 Å². The highest BCUT2D eigenvalue weighted by Gasteiger charge is 2.30. The van der Waals surface area contributed by atoms with Crippen LogP contribution in [0, 0.1) is 5.92 Å². The highest BCUT2D eigenvalue weighted by atomic mass is 32.2. The zero-order valence-electron chi connectivity index (χ0n) is 25.7. The van der Waals surface area contributed by atoms with Gasteiger partial charge in [0.05, 0.1) is 18.7 Å². The number of carbonyl (C=O) groups is 5. The lowest BCUT2D eigenvalue weighted by atomic mass is 10.0. The third-order valence-electron chi connectivity index (χ3n) is 6.56. The maximum absolute atomic E-state index is 13.2. The summed E-state index contributed by atoms with van der Waals surface area (Å²) in [7, 11) is 0. The van der Waals surface area contributed by atoms with Crippen molar-refractivity contribution in [2.45, 2.75) is 96.2 Å². The lowest BCUT2D eigenvalue weighted by Gasteiger charge is -2.24. The summed E-state index contributed by atoms with van der Waals surface area (Å²) in [5.41, 5.74) is 0.521. The van der Waals surface area contributed by atoms with E-state index in [4.69, 9.17) is 4.74 Å². The van der Waals surface area contributed by atoms with Crippen LogP contribution in [0.4, 0.5) is 0 Å². The number of esters is 1. The molecule has 2 heterocycles. The molecule has 1 aromatic heterocycles. The Morgan fingerprint density at radius 1 is 1.14 bits per heavy atom. The molecule has 0 saturated heterocycles. The van der Waals surface area contributed by atoms with Gasteiger partial charge in [-0.15, -0.1) is 11.8 Å². The van der Waals surface area contributed by atoms with E-state index in [1.165, 1.54) is 29.6 Å². The van der Waals surface area contributed by atoms with Gasteiger partial charge in [-0.3, -0.25) is 19.2 Å². The topological polar surface area (TPSA) is 144 Å². The molecule has 10 nitrogen and oxygen atoms in total. The Balaban J connectivity index is 2.24. The van der Waals surface area contributed by atoms with Gasteiger partial charge >= 0.3 is 5.97 Å². The van der Waals surface area contributed by atoms with Gasteiger partial charge in [0.25, 0.3) is 11.8 Å². The highest BCUT2D eigenvalue weighted by Crippen LogP contribution is 2.18. The first kappa shape index (κ1) is 36.1. The predicted octanol–water partition coefficient (Wildman–Crippen LogP) is 4.69. The molecule has 0 aromatic carbocycles. The standard InChI is InChI=1S/C31H44N4O6S2/c1-6-8-9-10-14-27(37)43-15-12-11-13-22-17-26(36)32-19-21-16-23(42-5)18-25(33-21)30(39)34-24(7-2)29(38)35-28(20(3)4)31(40)41-22/h7,11,13,16,18,20,22,28H,6,8-10,12,14-15,17,19H2,1-5H3,(H,32,36)(H,34,39)(H,35,38)/b13-11+,24-7-/t22-,28+/m1/s1. The molecule has 0 fully saturated rings. The molecule has 12 heteroatoms. The summed E-state index contributed by atoms with van der Waals surface area (Å²) in [6.07, 6.45) is 11.0. The van der Waals surface area contributed by atoms with Crippen molar-refractivity contribution in [1.29, 1.82) is 0 Å². The van der Waals surface area contributed by atoms with Crippen molar-refractivity contribution in [2.75, 3.05) is 12.0 Å². The van der Waals surface area contributed by atoms with Crippen LogP contribution in [-0.4, -0.2) is 57.9 Å². The molecule has 0 aliphatic carbocycles. The van der Waals surface area contributed by atoms with E-state index in [1.54, 1.807) is 45.1 Å². The molecule has 2 atom stereocenters. The van der Waals surface area contributed by atoms with E-state index in [0.717, 1.165) is 30.6 Å². The summed E-state index contributed by atoms with van der Waals surface area (Å²) in [4.78, 5) is 69.5. The molecular weight excluding hydrogens is 588 g/mol. The van der Waals surface area contributed by atoms with Crippen molar-refractivity contribution in [3.05, 3.63) is 47.4 Å². The van der Waals surface area contributed by atoms with E-state index >= 15 is 0 Å². The van der Waals surface area contributed by atoms with Crippen LogP contribution in [0.3, 0.4) is 0 Å². The summed E-state index contributed by atoms with van der Waals surface area (Å²) in [5, 5.41) is 8.19. The van der Waals surface area contributed by atoms with Crippen LogP contribution < -0.4 is 16.0 Å². The normalized spacial score (nSPS) is 19.7. The van der Waals surface area contributed by atoms with Crippen LogP contribution in [0.2, 0.25) is 0 Å². The van der Waals surface area contributed by atoms with E-state index in [2.05, 4.69) is 27.9 Å². The second-order valence-corrected chi connectivity index (χ2v) is 12.5. The SMILES string of the molecule is C/C=C1\NC(=O)c2cc(SC)cc(n2)CNC(=O)C[C@@H](/C=C/CCSC(=O)CCCCCC)OC(=O)[C@H](C(C)C)NC1=O. The number of thioether (sulfide) groups is 2. The number of carbonyl (C=O) groups excluding carboxylic acids is 5. The number of fused-ring (bicyclic) bond motifs is 2. The minimum atomic E-state index is -1.03. The monoisotopic (exact) mass is 632 g/mol. The summed E-state index contributed by atoms with van der Waals surface area (Å²) < 4.78 is 5.72. The Bertz CT molecular complexity index is 1200. The van der Waals surface area contributed by atoms with Crippen molar-refractivity contribution in [2.24, 2.45) is 5.92 Å². The molecule has 3 N–H and O–H groups in total. The van der Waals surface area contributed by atoms with Crippen LogP contribution in [0.15, 0.2) is 41.0 Å². The predicted molar refractivity (Wildman–Crippen MR) is 170 cm³/mol. The number of pyridine rings is 1. The molecular formula is C31H44N4O6S2. The Kier molecular flexibility index (Phi) is 16.1. The average Bonchev–Trinajstić information content (AvgIpc) is 2.98. The van der Waals surface area contributed by atoms with E-state index in [9.17, 15) is 24.0 Å². The van der Waals surface area contributed by atoms with Gasteiger partial charge in [-0.25, -0.2) is 9.78 Å². The molecule has 1 aliphatic rings. The van der Waals surface area contributed by atoms with Crippen LogP contribution in [0.25, 0.3) is 0 Å². The van der Waals surface area contributed by atoms with Crippen molar-refractivity contribution in [3.63, 3.8) is 0 Å². The van der Waals surface area contributed by atoms with E-state index in [-0.39, 0.29) is 41.3 Å². The fourth-order valence-corrected chi connectivity index (χ4v) is 5.37. The maximum Gasteiger partial charge on any atom is 0.329 e. The second kappa shape index (κ2) is 19.2. The Morgan fingerprint density at radius 2 is 1.91 bits per heavy atom. The maximum atomic E-state index is 13.2. The first-order valence-corrected chi connectivity index (χ1v) is 16.9. The van der Waals surface area contributed by atoms with Crippen LogP contribution in [0.5, 0.6) is 0 Å². The highest BCUT2D eigenvalue weighted by molar-refractivity contribution is 8.13. The van der Waals surface area contributed by atoms with Gasteiger partial charge in [0.2, 0.25) is 5.91 Å². The molecule has 0 radical (unpaired) electrons. The molecule has 236 valence electrons. The zero-order valence-corrected chi connectivity index (χ0v) is 27.3. The van der Waals surface area contributed by atoms with Crippen molar-refractivity contribution >= 4 is 52.3 Å². The number of allylic oxidation sites excluding steroid dienone is 2. The van der Waals surface area contributed by atoms with Crippen LogP contribution in [0.1, 0.15) is 88.8 Å². The first-order valence-electron chi connectivity index (χ1n) is 14.7. The lowest BCUT2D eigenvalue weighted by Crippen LogP contribution is -2.48. The molecule has 0 spiro atoms.